The first-order chi connectivity index (χ1) is 14.9. The molecule has 1 aliphatic carbocycles. The molecule has 2 aromatic rings. The van der Waals surface area contributed by atoms with Gasteiger partial charge in [0.2, 0.25) is 0 Å². The Morgan fingerprint density at radius 2 is 1.56 bits per heavy atom. The standard InChI is InChI=1S/C23H20O9/c1-22(2)31-20-21(32-22)30-19(23(20,3)29)18(28)11-8-12(24)13-14(17(11)27)16(26)10-7-5-4-6-9(10)15(13)25/h4-8,19-21,24,27,29H,1-3H3. The van der Waals surface area contributed by atoms with Gasteiger partial charge >= 0.3 is 0 Å². The molecule has 4 unspecified atom stereocenters. The Hall–Kier alpha value is -3.11. The fourth-order valence-corrected chi connectivity index (χ4v) is 4.56. The zero-order chi connectivity index (χ0) is 23.2. The average Bonchev–Trinajstić information content (AvgIpc) is 3.17. The van der Waals surface area contributed by atoms with Crippen molar-refractivity contribution in [2.75, 3.05) is 0 Å². The quantitative estimate of drug-likeness (QED) is 0.401. The molecule has 5 rings (SSSR count). The molecule has 3 aliphatic rings. The molecule has 3 N–H and O–H groups in total. The number of hydrogen-bond donors (Lipinski definition) is 3. The number of hydrogen-bond acceptors (Lipinski definition) is 9. The molecule has 166 valence electrons. The molecule has 32 heavy (non-hydrogen) atoms. The molecule has 2 fully saturated rings. The van der Waals surface area contributed by atoms with Crippen LogP contribution in [0.3, 0.4) is 0 Å². The predicted octanol–water partition coefficient (Wildman–Crippen LogP) is 1.68. The molecule has 2 saturated heterocycles. The van der Waals surface area contributed by atoms with E-state index in [-0.39, 0.29) is 16.7 Å². The van der Waals surface area contributed by atoms with Crippen LogP contribution in [0.15, 0.2) is 30.3 Å². The highest BCUT2D eigenvalue weighted by Gasteiger charge is 2.63. The maximum atomic E-state index is 13.3. The van der Waals surface area contributed by atoms with E-state index in [1.54, 1.807) is 26.0 Å². The van der Waals surface area contributed by atoms with Crippen LogP contribution < -0.4 is 0 Å². The van der Waals surface area contributed by atoms with E-state index < -0.39 is 69.9 Å². The number of aliphatic hydroxyl groups is 1. The first-order valence-corrected chi connectivity index (χ1v) is 9.99. The lowest BCUT2D eigenvalue weighted by atomic mass is 9.80. The number of carbonyl (C=O) groups excluding carboxylic acids is 3. The summed E-state index contributed by atoms with van der Waals surface area (Å²) in [6, 6.07) is 6.90. The Bertz CT molecular complexity index is 1210. The van der Waals surface area contributed by atoms with E-state index in [9.17, 15) is 29.7 Å². The van der Waals surface area contributed by atoms with Crippen LogP contribution in [0.1, 0.15) is 63.0 Å². The van der Waals surface area contributed by atoms with E-state index in [4.69, 9.17) is 14.2 Å². The van der Waals surface area contributed by atoms with Crippen LogP contribution in [0.25, 0.3) is 0 Å². The first-order valence-electron chi connectivity index (χ1n) is 9.99. The number of fused-ring (bicyclic) bond motifs is 3. The number of benzene rings is 2. The fraction of sp³-hybridized carbons (Fsp3) is 0.348. The van der Waals surface area contributed by atoms with Crippen LogP contribution in [-0.2, 0) is 14.2 Å². The van der Waals surface area contributed by atoms with Crippen LogP contribution in [0.5, 0.6) is 11.5 Å². The molecular weight excluding hydrogens is 420 g/mol. The highest BCUT2D eigenvalue weighted by Crippen LogP contribution is 2.46. The Labute approximate surface area is 182 Å². The van der Waals surface area contributed by atoms with Crippen LogP contribution in [0.2, 0.25) is 0 Å². The third-order valence-corrected chi connectivity index (χ3v) is 6.09. The second kappa shape index (κ2) is 6.46. The number of Topliss-reactive ketones (excluding diaryl/α,β-unsaturated/α-hetero) is 1. The molecule has 9 heteroatoms. The summed E-state index contributed by atoms with van der Waals surface area (Å²) in [6.45, 7) is 4.61. The molecule has 2 aliphatic heterocycles. The lowest BCUT2D eigenvalue weighted by Gasteiger charge is -2.30. The molecule has 9 nitrogen and oxygen atoms in total. The van der Waals surface area contributed by atoms with Crippen molar-refractivity contribution in [2.24, 2.45) is 0 Å². The van der Waals surface area contributed by atoms with Gasteiger partial charge in [-0.2, -0.15) is 0 Å². The summed E-state index contributed by atoms with van der Waals surface area (Å²) in [7, 11) is 0. The molecule has 0 spiro atoms. The van der Waals surface area contributed by atoms with Crippen molar-refractivity contribution in [1.82, 2.24) is 0 Å². The number of carbonyl (C=O) groups is 3. The maximum absolute atomic E-state index is 13.3. The normalized spacial score (nSPS) is 30.1. The highest BCUT2D eigenvalue weighted by atomic mass is 16.8. The summed E-state index contributed by atoms with van der Waals surface area (Å²) in [6.07, 6.45) is -3.52. The Balaban J connectivity index is 1.58. The summed E-state index contributed by atoms with van der Waals surface area (Å²) >= 11 is 0. The Kier molecular flexibility index (Phi) is 4.19. The second-order valence-electron chi connectivity index (χ2n) is 8.78. The molecule has 4 atom stereocenters. The van der Waals surface area contributed by atoms with Gasteiger partial charge in [0.15, 0.2) is 35.5 Å². The molecule has 0 saturated carbocycles. The van der Waals surface area contributed by atoms with Gasteiger partial charge in [-0.3, -0.25) is 14.4 Å². The molecule has 2 heterocycles. The van der Waals surface area contributed by atoms with E-state index in [0.717, 1.165) is 6.07 Å². The lowest BCUT2D eigenvalue weighted by Crippen LogP contribution is -2.49. The van der Waals surface area contributed by atoms with Crippen molar-refractivity contribution in [3.8, 4) is 11.5 Å². The summed E-state index contributed by atoms with van der Waals surface area (Å²) in [5.74, 6) is -4.69. The van der Waals surface area contributed by atoms with Crippen molar-refractivity contribution >= 4 is 17.3 Å². The number of ether oxygens (including phenoxy) is 3. The predicted molar refractivity (Wildman–Crippen MR) is 107 cm³/mol. The van der Waals surface area contributed by atoms with Crippen molar-refractivity contribution in [1.29, 1.82) is 0 Å². The van der Waals surface area contributed by atoms with Gasteiger partial charge in [0, 0.05) is 11.1 Å². The van der Waals surface area contributed by atoms with E-state index in [1.807, 2.05) is 0 Å². The summed E-state index contributed by atoms with van der Waals surface area (Å²) in [5, 5.41) is 32.4. The lowest BCUT2D eigenvalue weighted by molar-refractivity contribution is -0.219. The minimum atomic E-state index is -1.83. The van der Waals surface area contributed by atoms with Crippen molar-refractivity contribution in [3.05, 3.63) is 58.1 Å². The number of ketones is 3. The number of phenolic OH excluding ortho intramolecular Hbond substituents is 2. The smallest absolute Gasteiger partial charge is 0.198 e. The third kappa shape index (κ3) is 2.69. The number of aromatic hydroxyl groups is 2. The fourth-order valence-electron chi connectivity index (χ4n) is 4.56. The van der Waals surface area contributed by atoms with Crippen LogP contribution >= 0.6 is 0 Å². The minimum Gasteiger partial charge on any atom is -0.507 e. The van der Waals surface area contributed by atoms with Crippen LogP contribution in [-0.4, -0.2) is 62.6 Å². The zero-order valence-electron chi connectivity index (χ0n) is 17.4. The summed E-state index contributed by atoms with van der Waals surface area (Å²) in [5.41, 5.74) is -3.01. The van der Waals surface area contributed by atoms with Gasteiger partial charge in [0.25, 0.3) is 0 Å². The van der Waals surface area contributed by atoms with Gasteiger partial charge in [0.05, 0.1) is 16.7 Å². The highest BCUT2D eigenvalue weighted by molar-refractivity contribution is 6.31. The van der Waals surface area contributed by atoms with E-state index in [0.29, 0.717) is 0 Å². The third-order valence-electron chi connectivity index (χ3n) is 6.09. The largest absolute Gasteiger partial charge is 0.507 e. The summed E-state index contributed by atoms with van der Waals surface area (Å²) in [4.78, 5) is 39.2. The maximum Gasteiger partial charge on any atom is 0.198 e. The van der Waals surface area contributed by atoms with Crippen molar-refractivity contribution in [2.45, 2.75) is 50.7 Å². The Morgan fingerprint density at radius 3 is 2.16 bits per heavy atom. The number of rotatable bonds is 2. The SMILES string of the molecule is CC1(C)OC2OC(C(=O)c3cc(O)c4c(c3O)C(=O)c3ccccc3C4=O)C(C)(O)C2O1. The van der Waals surface area contributed by atoms with Gasteiger partial charge in [0.1, 0.15) is 23.2 Å². The van der Waals surface area contributed by atoms with Gasteiger partial charge < -0.3 is 29.5 Å². The minimum absolute atomic E-state index is 0.0481. The molecule has 0 radical (unpaired) electrons. The van der Waals surface area contributed by atoms with Crippen molar-refractivity contribution < 1.29 is 43.9 Å². The van der Waals surface area contributed by atoms with Crippen LogP contribution in [0.4, 0.5) is 0 Å². The van der Waals surface area contributed by atoms with Gasteiger partial charge in [-0.25, -0.2) is 0 Å². The van der Waals surface area contributed by atoms with Gasteiger partial charge in [-0.05, 0) is 26.8 Å². The molecular formula is C23H20O9. The second-order valence-corrected chi connectivity index (χ2v) is 8.78. The van der Waals surface area contributed by atoms with Crippen molar-refractivity contribution in [3.63, 3.8) is 0 Å². The van der Waals surface area contributed by atoms with E-state index in [2.05, 4.69) is 0 Å². The molecule has 0 amide bonds. The molecule has 2 aromatic carbocycles. The molecule has 0 bridgehead atoms. The molecule has 0 aromatic heterocycles. The summed E-state index contributed by atoms with van der Waals surface area (Å²) < 4.78 is 16.8. The van der Waals surface area contributed by atoms with Crippen LogP contribution in [0, 0.1) is 0 Å². The first kappa shape index (κ1) is 20.8. The average molecular weight is 440 g/mol. The van der Waals surface area contributed by atoms with Gasteiger partial charge in [-0.1, -0.05) is 24.3 Å². The topological polar surface area (TPSA) is 140 Å². The Morgan fingerprint density at radius 1 is 0.969 bits per heavy atom. The van der Waals surface area contributed by atoms with Gasteiger partial charge in [-0.15, -0.1) is 0 Å². The zero-order valence-corrected chi connectivity index (χ0v) is 17.4. The number of phenols is 2. The van der Waals surface area contributed by atoms with E-state index >= 15 is 0 Å². The van der Waals surface area contributed by atoms with E-state index in [1.165, 1.54) is 19.1 Å². The monoisotopic (exact) mass is 440 g/mol.